The third-order valence-electron chi connectivity index (χ3n) is 2.29. The molecule has 0 aromatic rings. The molecule has 0 heterocycles. The number of rotatable bonds is 4. The van der Waals surface area contributed by atoms with E-state index in [-0.39, 0.29) is 12.2 Å². The van der Waals surface area contributed by atoms with Gasteiger partial charge in [0.25, 0.3) is 0 Å². The zero-order chi connectivity index (χ0) is 8.81. The third kappa shape index (κ3) is 3.09. The molecule has 0 aromatic carbocycles. The Morgan fingerprint density at radius 2 is 2.00 bits per heavy atom. The van der Waals surface area contributed by atoms with Crippen molar-refractivity contribution < 1.29 is 14.6 Å². The first-order valence-corrected chi connectivity index (χ1v) is 4.63. The van der Waals surface area contributed by atoms with Crippen molar-refractivity contribution >= 4 is 0 Å². The Labute approximate surface area is 73.7 Å². The van der Waals surface area contributed by atoms with Gasteiger partial charge in [0.05, 0.1) is 25.4 Å². The van der Waals surface area contributed by atoms with Crippen molar-refractivity contribution in [2.75, 3.05) is 20.3 Å². The number of hydrogen-bond donors (Lipinski definition) is 1. The lowest BCUT2D eigenvalue weighted by molar-refractivity contribution is -0.0699. The van der Waals surface area contributed by atoms with Gasteiger partial charge in [0.2, 0.25) is 0 Å². The van der Waals surface area contributed by atoms with E-state index < -0.39 is 0 Å². The van der Waals surface area contributed by atoms with Crippen molar-refractivity contribution in [1.82, 2.24) is 0 Å². The van der Waals surface area contributed by atoms with Crippen LogP contribution in [0.25, 0.3) is 0 Å². The number of aliphatic hydroxyl groups is 1. The molecule has 0 radical (unpaired) electrons. The molecule has 2 atom stereocenters. The van der Waals surface area contributed by atoms with Crippen molar-refractivity contribution in [3.63, 3.8) is 0 Å². The summed E-state index contributed by atoms with van der Waals surface area (Å²) in [5, 5.41) is 9.50. The average Bonchev–Trinajstić information content (AvgIpc) is 2.09. The van der Waals surface area contributed by atoms with E-state index in [4.69, 9.17) is 9.47 Å². The van der Waals surface area contributed by atoms with Crippen LogP contribution in [-0.4, -0.2) is 37.6 Å². The molecule has 12 heavy (non-hydrogen) atoms. The first kappa shape index (κ1) is 9.96. The zero-order valence-corrected chi connectivity index (χ0v) is 7.66. The molecule has 2 unspecified atom stereocenters. The highest BCUT2D eigenvalue weighted by molar-refractivity contribution is 4.74. The summed E-state index contributed by atoms with van der Waals surface area (Å²) in [5.74, 6) is 0. The van der Waals surface area contributed by atoms with Gasteiger partial charge in [-0.15, -0.1) is 0 Å². The summed E-state index contributed by atoms with van der Waals surface area (Å²) in [5.41, 5.74) is 0. The molecular formula is C9H18O3. The molecule has 1 aliphatic rings. The van der Waals surface area contributed by atoms with Gasteiger partial charge in [-0.3, -0.25) is 0 Å². The van der Waals surface area contributed by atoms with Gasteiger partial charge in [-0.2, -0.15) is 0 Å². The van der Waals surface area contributed by atoms with Gasteiger partial charge in [0.1, 0.15) is 0 Å². The average molecular weight is 174 g/mol. The maximum absolute atomic E-state index is 9.50. The van der Waals surface area contributed by atoms with E-state index in [0.29, 0.717) is 13.2 Å². The van der Waals surface area contributed by atoms with Gasteiger partial charge in [-0.25, -0.2) is 0 Å². The predicted molar refractivity (Wildman–Crippen MR) is 46.1 cm³/mol. The van der Waals surface area contributed by atoms with Crippen molar-refractivity contribution in [2.24, 2.45) is 0 Å². The summed E-state index contributed by atoms with van der Waals surface area (Å²) in [6.07, 6.45) is 3.98. The Kier molecular flexibility index (Phi) is 4.58. The van der Waals surface area contributed by atoms with Crippen LogP contribution in [-0.2, 0) is 9.47 Å². The molecule has 1 saturated carbocycles. The molecule has 1 fully saturated rings. The summed E-state index contributed by atoms with van der Waals surface area (Å²) < 4.78 is 10.3. The van der Waals surface area contributed by atoms with Crippen molar-refractivity contribution in [2.45, 2.75) is 37.9 Å². The van der Waals surface area contributed by atoms with Crippen LogP contribution in [0.15, 0.2) is 0 Å². The molecule has 0 aliphatic heterocycles. The Balaban J connectivity index is 2.11. The van der Waals surface area contributed by atoms with Gasteiger partial charge < -0.3 is 14.6 Å². The van der Waals surface area contributed by atoms with E-state index in [1.54, 1.807) is 7.11 Å². The fourth-order valence-electron chi connectivity index (χ4n) is 1.55. The first-order chi connectivity index (χ1) is 5.84. The quantitative estimate of drug-likeness (QED) is 0.645. The second-order valence-electron chi connectivity index (χ2n) is 3.25. The van der Waals surface area contributed by atoms with E-state index >= 15 is 0 Å². The normalized spacial score (nSPS) is 30.5. The summed E-state index contributed by atoms with van der Waals surface area (Å²) in [7, 11) is 1.65. The Morgan fingerprint density at radius 3 is 2.67 bits per heavy atom. The standard InChI is InChI=1S/C9H18O3/c1-11-6-7-12-9-5-3-2-4-8(9)10/h8-10H,2-7H2,1H3. The van der Waals surface area contributed by atoms with E-state index in [1.165, 1.54) is 6.42 Å². The first-order valence-electron chi connectivity index (χ1n) is 4.63. The second-order valence-corrected chi connectivity index (χ2v) is 3.25. The molecule has 0 spiro atoms. The van der Waals surface area contributed by atoms with E-state index in [9.17, 15) is 5.11 Å². The molecule has 0 bridgehead atoms. The van der Waals surface area contributed by atoms with Crippen molar-refractivity contribution in [3.8, 4) is 0 Å². The van der Waals surface area contributed by atoms with Gasteiger partial charge >= 0.3 is 0 Å². The van der Waals surface area contributed by atoms with Crippen molar-refractivity contribution in [1.29, 1.82) is 0 Å². The van der Waals surface area contributed by atoms with Gasteiger partial charge in [0, 0.05) is 7.11 Å². The minimum atomic E-state index is -0.254. The Morgan fingerprint density at radius 1 is 1.25 bits per heavy atom. The monoisotopic (exact) mass is 174 g/mol. The third-order valence-corrected chi connectivity index (χ3v) is 2.29. The van der Waals surface area contributed by atoms with Gasteiger partial charge in [-0.05, 0) is 12.8 Å². The molecular weight excluding hydrogens is 156 g/mol. The highest BCUT2D eigenvalue weighted by Gasteiger charge is 2.22. The van der Waals surface area contributed by atoms with E-state index in [1.807, 2.05) is 0 Å². The molecule has 0 aromatic heterocycles. The Bertz CT molecular complexity index is 116. The summed E-state index contributed by atoms with van der Waals surface area (Å²) in [4.78, 5) is 0. The second kappa shape index (κ2) is 5.51. The number of ether oxygens (including phenoxy) is 2. The minimum absolute atomic E-state index is 0.0499. The SMILES string of the molecule is COCCOC1CCCCC1O. The van der Waals surface area contributed by atoms with E-state index in [2.05, 4.69) is 0 Å². The minimum Gasteiger partial charge on any atom is -0.390 e. The lowest BCUT2D eigenvalue weighted by Crippen LogP contribution is -2.33. The zero-order valence-electron chi connectivity index (χ0n) is 7.66. The van der Waals surface area contributed by atoms with Crippen LogP contribution in [0.4, 0.5) is 0 Å². The maximum atomic E-state index is 9.50. The molecule has 0 amide bonds. The maximum Gasteiger partial charge on any atom is 0.0835 e. The van der Waals surface area contributed by atoms with Crippen LogP contribution in [0, 0.1) is 0 Å². The number of aliphatic hydroxyl groups excluding tert-OH is 1. The largest absolute Gasteiger partial charge is 0.390 e. The molecule has 1 rings (SSSR count). The summed E-state index contributed by atoms with van der Waals surface area (Å²) in [6, 6.07) is 0. The van der Waals surface area contributed by atoms with E-state index in [0.717, 1.165) is 19.3 Å². The fraction of sp³-hybridized carbons (Fsp3) is 1.00. The summed E-state index contributed by atoms with van der Waals surface area (Å²) >= 11 is 0. The van der Waals surface area contributed by atoms with Crippen LogP contribution in [0.5, 0.6) is 0 Å². The van der Waals surface area contributed by atoms with Crippen LogP contribution >= 0.6 is 0 Å². The molecule has 3 nitrogen and oxygen atoms in total. The predicted octanol–water partition coefficient (Wildman–Crippen LogP) is 0.953. The lowest BCUT2D eigenvalue weighted by atomic mass is 9.95. The van der Waals surface area contributed by atoms with Gasteiger partial charge in [-0.1, -0.05) is 12.8 Å². The Hall–Kier alpha value is -0.120. The molecule has 3 heteroatoms. The van der Waals surface area contributed by atoms with Gasteiger partial charge in [0.15, 0.2) is 0 Å². The van der Waals surface area contributed by atoms with Crippen LogP contribution < -0.4 is 0 Å². The highest BCUT2D eigenvalue weighted by atomic mass is 16.5. The summed E-state index contributed by atoms with van der Waals surface area (Å²) in [6.45, 7) is 1.21. The van der Waals surface area contributed by atoms with Crippen molar-refractivity contribution in [3.05, 3.63) is 0 Å². The lowest BCUT2D eigenvalue weighted by Gasteiger charge is -2.27. The highest BCUT2D eigenvalue weighted by Crippen LogP contribution is 2.20. The van der Waals surface area contributed by atoms with Crippen LogP contribution in [0.3, 0.4) is 0 Å². The van der Waals surface area contributed by atoms with Crippen LogP contribution in [0.2, 0.25) is 0 Å². The molecule has 0 saturated heterocycles. The number of methoxy groups -OCH3 is 1. The molecule has 1 aliphatic carbocycles. The smallest absolute Gasteiger partial charge is 0.0835 e. The van der Waals surface area contributed by atoms with Crippen LogP contribution in [0.1, 0.15) is 25.7 Å². The molecule has 1 N–H and O–H groups in total. The topological polar surface area (TPSA) is 38.7 Å². The fourth-order valence-corrected chi connectivity index (χ4v) is 1.55. The number of hydrogen-bond acceptors (Lipinski definition) is 3. The molecule has 72 valence electrons.